The Morgan fingerprint density at radius 1 is 0.531 bits per heavy atom. The largest absolute Gasteiger partial charge is 0.310 e. The first-order chi connectivity index (χ1) is 24.3. The Kier molecular flexibility index (Phi) is 5.70. The Hall–Kier alpha value is -5.60. The highest BCUT2D eigenvalue weighted by Gasteiger charge is 2.56. The van der Waals surface area contributed by atoms with Crippen LogP contribution in [0, 0.1) is 11.8 Å². The highest BCUT2D eigenvalue weighted by Crippen LogP contribution is 2.66. The lowest BCUT2D eigenvalue weighted by Crippen LogP contribution is -2.32. The van der Waals surface area contributed by atoms with Gasteiger partial charge in [-0.1, -0.05) is 116 Å². The first kappa shape index (κ1) is 27.4. The minimum absolute atomic E-state index is 0.125. The number of hydrogen-bond acceptors (Lipinski definition) is 1. The molecule has 3 atom stereocenters. The smallest absolute Gasteiger partial charge is 0.0541 e. The van der Waals surface area contributed by atoms with E-state index < -0.39 is 0 Å². The summed E-state index contributed by atoms with van der Waals surface area (Å²) in [6, 6.07) is 59.0. The van der Waals surface area contributed by atoms with Gasteiger partial charge in [0.25, 0.3) is 0 Å². The van der Waals surface area contributed by atoms with Crippen LogP contribution in [0.4, 0.5) is 17.1 Å². The number of rotatable bonds is 4. The van der Waals surface area contributed by atoms with E-state index in [1.807, 2.05) is 0 Å². The Morgan fingerprint density at radius 2 is 1.20 bits per heavy atom. The standard InChI is InChI=1S/C47H36N2/c1-2-15-37-32(11-1)12-9-22-44(37)48(34-13-10-14-35(28-34)49-45-20-7-4-17-40(45)41-18-5-8-21-46(41)49)36-25-26-39-38-16-3-6-19-42(38)47(43(39)29-36)30-31-23-24-33(47)27-31/h1-22,25-26,28-29,31,33H,23-24,27,30H2. The van der Waals surface area contributed by atoms with Crippen molar-refractivity contribution in [3.63, 3.8) is 0 Å². The van der Waals surface area contributed by atoms with Gasteiger partial charge >= 0.3 is 0 Å². The number of para-hydroxylation sites is 2. The number of aromatic nitrogens is 1. The SMILES string of the molecule is c1cc(N(c2ccc3c(c2)C2(CC4CCC2C4)c2ccccc2-3)c2cccc3ccccc23)cc(-n2c3ccccc3c3ccccc32)c1. The quantitative estimate of drug-likeness (QED) is 0.188. The van der Waals surface area contributed by atoms with E-state index in [4.69, 9.17) is 0 Å². The normalized spacial score (nSPS) is 20.4. The summed E-state index contributed by atoms with van der Waals surface area (Å²) in [5, 5.41) is 5.07. The molecule has 3 unspecified atom stereocenters. The van der Waals surface area contributed by atoms with Crippen molar-refractivity contribution in [3.8, 4) is 16.8 Å². The van der Waals surface area contributed by atoms with Crippen molar-refractivity contribution < 1.29 is 0 Å². The van der Waals surface area contributed by atoms with E-state index in [9.17, 15) is 0 Å². The fraction of sp³-hybridized carbons (Fsp3) is 0.149. The molecule has 2 saturated carbocycles. The van der Waals surface area contributed by atoms with Gasteiger partial charge in [0.2, 0.25) is 0 Å². The first-order valence-electron chi connectivity index (χ1n) is 17.9. The van der Waals surface area contributed by atoms with Gasteiger partial charge in [0.05, 0.1) is 16.7 Å². The molecule has 234 valence electrons. The lowest BCUT2D eigenvalue weighted by atomic mass is 9.67. The Bertz CT molecular complexity index is 2550. The van der Waals surface area contributed by atoms with Gasteiger partial charge in [-0.25, -0.2) is 0 Å². The van der Waals surface area contributed by atoms with Gasteiger partial charge in [-0.3, -0.25) is 0 Å². The first-order valence-corrected chi connectivity index (χ1v) is 17.9. The predicted molar refractivity (Wildman–Crippen MR) is 205 cm³/mol. The van der Waals surface area contributed by atoms with Crippen LogP contribution in [0.1, 0.15) is 36.8 Å². The summed E-state index contributed by atoms with van der Waals surface area (Å²) < 4.78 is 2.43. The number of hydrogen-bond donors (Lipinski definition) is 0. The average molecular weight is 629 g/mol. The zero-order valence-electron chi connectivity index (χ0n) is 27.4. The molecule has 7 aromatic carbocycles. The zero-order chi connectivity index (χ0) is 32.1. The number of nitrogens with zero attached hydrogens (tertiary/aromatic N) is 2. The van der Waals surface area contributed by atoms with Crippen molar-refractivity contribution in [2.75, 3.05) is 4.90 Å². The highest BCUT2D eigenvalue weighted by molar-refractivity contribution is 6.09. The van der Waals surface area contributed by atoms with E-state index >= 15 is 0 Å². The van der Waals surface area contributed by atoms with Gasteiger partial charge in [0.15, 0.2) is 0 Å². The van der Waals surface area contributed by atoms with Crippen LogP contribution < -0.4 is 4.90 Å². The van der Waals surface area contributed by atoms with Crippen LogP contribution in [0.15, 0.2) is 158 Å². The van der Waals surface area contributed by atoms with Crippen LogP contribution in [-0.4, -0.2) is 4.57 Å². The highest BCUT2D eigenvalue weighted by atomic mass is 15.1. The lowest BCUT2D eigenvalue weighted by molar-refractivity contribution is 0.327. The molecule has 49 heavy (non-hydrogen) atoms. The summed E-state index contributed by atoms with van der Waals surface area (Å²) >= 11 is 0. The molecular weight excluding hydrogens is 593 g/mol. The van der Waals surface area contributed by atoms with Gasteiger partial charge in [-0.15, -0.1) is 0 Å². The summed E-state index contributed by atoms with van der Waals surface area (Å²) in [5.41, 5.74) is 13.3. The molecule has 0 aliphatic heterocycles. The Balaban J connectivity index is 1.16. The maximum Gasteiger partial charge on any atom is 0.0541 e. The van der Waals surface area contributed by atoms with Crippen LogP contribution in [-0.2, 0) is 5.41 Å². The monoisotopic (exact) mass is 628 g/mol. The van der Waals surface area contributed by atoms with E-state index in [2.05, 4.69) is 167 Å². The minimum atomic E-state index is 0.125. The third-order valence-corrected chi connectivity index (χ3v) is 12.2. The second kappa shape index (κ2) is 10.2. The summed E-state index contributed by atoms with van der Waals surface area (Å²) in [7, 11) is 0. The van der Waals surface area contributed by atoms with Gasteiger partial charge in [0, 0.05) is 38.6 Å². The van der Waals surface area contributed by atoms with Crippen LogP contribution in [0.25, 0.3) is 49.4 Å². The summed E-state index contributed by atoms with van der Waals surface area (Å²) in [4.78, 5) is 2.52. The molecule has 2 nitrogen and oxygen atoms in total. The van der Waals surface area contributed by atoms with Crippen molar-refractivity contribution in [3.05, 3.63) is 169 Å². The average Bonchev–Trinajstić information content (AvgIpc) is 3.93. The van der Waals surface area contributed by atoms with Gasteiger partial charge in [-0.05, 0) is 107 Å². The van der Waals surface area contributed by atoms with E-state index in [0.29, 0.717) is 0 Å². The fourth-order valence-corrected chi connectivity index (χ4v) is 10.3. The summed E-state index contributed by atoms with van der Waals surface area (Å²) in [6.07, 6.45) is 5.38. The second-order valence-electron chi connectivity index (χ2n) is 14.6. The topological polar surface area (TPSA) is 8.17 Å². The van der Waals surface area contributed by atoms with Crippen LogP contribution in [0.5, 0.6) is 0 Å². The van der Waals surface area contributed by atoms with Gasteiger partial charge < -0.3 is 9.47 Å². The molecule has 2 fully saturated rings. The zero-order valence-corrected chi connectivity index (χ0v) is 27.4. The third-order valence-electron chi connectivity index (χ3n) is 12.2. The van der Waals surface area contributed by atoms with Crippen LogP contribution >= 0.6 is 0 Å². The molecule has 2 bridgehead atoms. The van der Waals surface area contributed by atoms with E-state index in [0.717, 1.165) is 17.5 Å². The summed E-state index contributed by atoms with van der Waals surface area (Å²) in [6.45, 7) is 0. The molecule has 8 aromatic rings. The van der Waals surface area contributed by atoms with E-state index in [-0.39, 0.29) is 5.41 Å². The lowest BCUT2D eigenvalue weighted by Gasteiger charge is -2.37. The summed E-state index contributed by atoms with van der Waals surface area (Å²) in [5.74, 6) is 1.56. The van der Waals surface area contributed by atoms with Gasteiger partial charge in [0.1, 0.15) is 0 Å². The van der Waals surface area contributed by atoms with Crippen molar-refractivity contribution in [2.24, 2.45) is 11.8 Å². The molecule has 0 saturated heterocycles. The Labute approximate surface area is 286 Å². The molecule has 1 aromatic heterocycles. The molecular formula is C47H36N2. The van der Waals surface area contributed by atoms with Crippen LogP contribution in [0.2, 0.25) is 0 Å². The maximum absolute atomic E-state index is 2.57. The fourth-order valence-electron chi connectivity index (χ4n) is 10.3. The molecule has 3 aliphatic rings. The number of fused-ring (bicyclic) bond motifs is 12. The molecule has 0 amide bonds. The second-order valence-corrected chi connectivity index (χ2v) is 14.6. The third kappa shape index (κ3) is 3.77. The molecule has 2 heteroatoms. The van der Waals surface area contributed by atoms with Crippen molar-refractivity contribution in [1.82, 2.24) is 4.57 Å². The predicted octanol–water partition coefficient (Wildman–Crippen LogP) is 12.5. The number of anilines is 3. The van der Waals surface area contributed by atoms with E-state index in [1.165, 1.54) is 86.5 Å². The maximum atomic E-state index is 2.57. The molecule has 0 N–H and O–H groups in total. The molecule has 0 radical (unpaired) electrons. The van der Waals surface area contributed by atoms with Crippen LogP contribution in [0.3, 0.4) is 0 Å². The van der Waals surface area contributed by atoms with Crippen molar-refractivity contribution >= 4 is 49.6 Å². The number of benzene rings is 7. The van der Waals surface area contributed by atoms with Crippen molar-refractivity contribution in [1.29, 1.82) is 0 Å². The molecule has 3 aliphatic carbocycles. The minimum Gasteiger partial charge on any atom is -0.310 e. The van der Waals surface area contributed by atoms with Gasteiger partial charge in [-0.2, -0.15) is 0 Å². The molecule has 1 spiro atoms. The molecule has 1 heterocycles. The molecule has 11 rings (SSSR count). The van der Waals surface area contributed by atoms with E-state index in [1.54, 1.807) is 11.1 Å². The Morgan fingerprint density at radius 3 is 2.00 bits per heavy atom. The van der Waals surface area contributed by atoms with Crippen molar-refractivity contribution in [2.45, 2.75) is 31.1 Å².